The number of aliphatic imine (C=N–C) groups is 1. The number of fused-ring (bicyclic) bond motifs is 1. The highest BCUT2D eigenvalue weighted by molar-refractivity contribution is 8.03. The van der Waals surface area contributed by atoms with Crippen LogP contribution >= 0.6 is 23.1 Å². The van der Waals surface area contributed by atoms with E-state index in [0.29, 0.717) is 15.7 Å². The van der Waals surface area contributed by atoms with Gasteiger partial charge in [-0.2, -0.15) is 13.2 Å². The largest absolute Gasteiger partial charge is 0.404 e. The molecular weight excluding hydrogens is 343 g/mol. The van der Waals surface area contributed by atoms with Gasteiger partial charge in [-0.3, -0.25) is 0 Å². The van der Waals surface area contributed by atoms with E-state index in [4.69, 9.17) is 5.73 Å². The molecular formula is C15H18F3N3S2. The van der Waals surface area contributed by atoms with E-state index in [9.17, 15) is 13.2 Å². The van der Waals surface area contributed by atoms with Gasteiger partial charge in [-0.15, -0.1) is 11.8 Å². The van der Waals surface area contributed by atoms with Gasteiger partial charge in [0.2, 0.25) is 0 Å². The van der Waals surface area contributed by atoms with Crippen LogP contribution in [0.5, 0.6) is 0 Å². The Morgan fingerprint density at radius 1 is 1.48 bits per heavy atom. The van der Waals surface area contributed by atoms with E-state index in [1.807, 2.05) is 19.3 Å². The predicted octanol–water partition coefficient (Wildman–Crippen LogP) is 5.10. The molecule has 23 heavy (non-hydrogen) atoms. The average Bonchev–Trinajstić information content (AvgIpc) is 2.91. The molecule has 2 rings (SSSR count). The van der Waals surface area contributed by atoms with Crippen molar-refractivity contribution < 1.29 is 13.2 Å². The molecule has 8 heteroatoms. The van der Waals surface area contributed by atoms with Gasteiger partial charge in [0, 0.05) is 28.8 Å². The van der Waals surface area contributed by atoms with Crippen LogP contribution in [0.25, 0.3) is 5.57 Å². The van der Waals surface area contributed by atoms with Crippen LogP contribution in [0.4, 0.5) is 18.2 Å². The first-order valence-electron chi connectivity index (χ1n) is 7.11. The van der Waals surface area contributed by atoms with Crippen LogP contribution in [0.1, 0.15) is 36.9 Å². The molecule has 0 radical (unpaired) electrons. The Balaban J connectivity index is 2.45. The van der Waals surface area contributed by atoms with Crippen molar-refractivity contribution in [2.45, 2.75) is 32.4 Å². The lowest BCUT2D eigenvalue weighted by atomic mass is 9.90. The van der Waals surface area contributed by atoms with Crippen molar-refractivity contribution in [1.29, 1.82) is 0 Å². The number of halogens is 3. The summed E-state index contributed by atoms with van der Waals surface area (Å²) in [4.78, 5) is 9.30. The molecule has 2 unspecified atom stereocenters. The van der Waals surface area contributed by atoms with Gasteiger partial charge >= 0.3 is 6.18 Å². The number of hydrogen-bond acceptors (Lipinski definition) is 5. The van der Waals surface area contributed by atoms with Crippen molar-refractivity contribution in [3.8, 4) is 0 Å². The van der Waals surface area contributed by atoms with Crippen molar-refractivity contribution >= 4 is 39.9 Å². The fourth-order valence-corrected chi connectivity index (χ4v) is 4.09. The topological polar surface area (TPSA) is 51.3 Å². The van der Waals surface area contributed by atoms with Gasteiger partial charge in [-0.05, 0) is 12.7 Å². The Morgan fingerprint density at radius 2 is 2.17 bits per heavy atom. The SMILES string of the molecule is CC/C=C(\C(=C/N)SC)c1nc2c(s1)N=CC(C(F)(F)F)C2C. The molecule has 1 aromatic rings. The predicted molar refractivity (Wildman–Crippen MR) is 92.3 cm³/mol. The molecule has 1 aliphatic heterocycles. The van der Waals surface area contributed by atoms with E-state index in [0.717, 1.165) is 23.1 Å². The van der Waals surface area contributed by atoms with Gasteiger partial charge in [-0.1, -0.05) is 31.3 Å². The molecule has 0 amide bonds. The maximum absolute atomic E-state index is 13.1. The number of thioether (sulfide) groups is 1. The van der Waals surface area contributed by atoms with Gasteiger partial charge in [-0.25, -0.2) is 9.98 Å². The number of nitrogens with two attached hydrogens (primary N) is 1. The minimum atomic E-state index is -4.31. The minimum absolute atomic E-state index is 0.411. The Kier molecular flexibility index (Phi) is 5.57. The summed E-state index contributed by atoms with van der Waals surface area (Å²) in [7, 11) is 0. The Labute approximate surface area is 141 Å². The zero-order valence-corrected chi connectivity index (χ0v) is 14.6. The molecule has 3 nitrogen and oxygen atoms in total. The molecule has 0 fully saturated rings. The molecule has 1 aromatic heterocycles. The zero-order chi connectivity index (χ0) is 17.2. The quantitative estimate of drug-likeness (QED) is 0.759. The van der Waals surface area contributed by atoms with Gasteiger partial charge < -0.3 is 5.73 Å². The number of nitrogens with zero attached hydrogens (tertiary/aromatic N) is 2. The third-order valence-corrected chi connectivity index (χ3v) is 5.42. The highest BCUT2D eigenvalue weighted by Crippen LogP contribution is 2.46. The summed E-state index contributed by atoms with van der Waals surface area (Å²) in [5, 5.41) is 1.21. The number of thiazole rings is 1. The molecule has 0 spiro atoms. The van der Waals surface area contributed by atoms with Crippen LogP contribution in [-0.4, -0.2) is 23.6 Å². The van der Waals surface area contributed by atoms with Crippen LogP contribution in [-0.2, 0) is 0 Å². The van der Waals surface area contributed by atoms with Crippen LogP contribution in [0.2, 0.25) is 0 Å². The maximum Gasteiger partial charge on any atom is 0.397 e. The molecule has 0 bridgehead atoms. The number of rotatable bonds is 4. The van der Waals surface area contributed by atoms with Crippen molar-refractivity contribution in [2.24, 2.45) is 16.6 Å². The molecule has 0 aliphatic carbocycles. The third kappa shape index (κ3) is 3.63. The summed E-state index contributed by atoms with van der Waals surface area (Å²) < 4.78 is 39.2. The molecule has 0 saturated heterocycles. The first-order chi connectivity index (χ1) is 10.8. The number of alkyl halides is 3. The molecule has 2 heterocycles. The second-order valence-corrected chi connectivity index (χ2v) is 6.93. The van der Waals surface area contributed by atoms with E-state index in [1.54, 1.807) is 6.92 Å². The van der Waals surface area contributed by atoms with E-state index in [1.165, 1.54) is 29.3 Å². The summed E-state index contributed by atoms with van der Waals surface area (Å²) in [6, 6.07) is 0. The number of aromatic nitrogens is 1. The highest BCUT2D eigenvalue weighted by Gasteiger charge is 2.45. The summed E-state index contributed by atoms with van der Waals surface area (Å²) in [5.41, 5.74) is 6.92. The summed E-state index contributed by atoms with van der Waals surface area (Å²) >= 11 is 2.78. The van der Waals surface area contributed by atoms with Gasteiger partial charge in [0.1, 0.15) is 10.0 Å². The minimum Gasteiger partial charge on any atom is -0.404 e. The second kappa shape index (κ2) is 7.09. The first-order valence-corrected chi connectivity index (χ1v) is 9.16. The molecule has 0 aromatic carbocycles. The fraction of sp³-hybridized carbons (Fsp3) is 0.467. The van der Waals surface area contributed by atoms with Crippen molar-refractivity contribution in [3.63, 3.8) is 0 Å². The Bertz CT molecular complexity index is 659. The third-order valence-electron chi connectivity index (χ3n) is 3.61. The van der Waals surface area contributed by atoms with E-state index in [-0.39, 0.29) is 0 Å². The summed E-state index contributed by atoms with van der Waals surface area (Å²) in [6.45, 7) is 3.53. The lowest BCUT2D eigenvalue weighted by Crippen LogP contribution is -2.30. The fourth-order valence-electron chi connectivity index (χ4n) is 2.41. The van der Waals surface area contributed by atoms with Crippen molar-refractivity contribution in [1.82, 2.24) is 4.98 Å². The Hall–Kier alpha value is -1.28. The van der Waals surface area contributed by atoms with Gasteiger partial charge in [0.25, 0.3) is 0 Å². The molecule has 2 atom stereocenters. The van der Waals surface area contributed by atoms with Crippen LogP contribution < -0.4 is 5.73 Å². The standard InChI is InChI=1S/C15H18F3N3S2/c1-4-5-9(11(6-19)22-3)13-21-12-8(2)10(15(16,17)18)7-20-14(12)23-13/h5-8,10H,4,19H2,1-3H3/b9-5+,11-6+. The summed E-state index contributed by atoms with van der Waals surface area (Å²) in [6.07, 6.45) is 2.84. The lowest BCUT2D eigenvalue weighted by molar-refractivity contribution is -0.159. The van der Waals surface area contributed by atoms with E-state index >= 15 is 0 Å². The lowest BCUT2D eigenvalue weighted by Gasteiger charge is -2.24. The van der Waals surface area contributed by atoms with Crippen LogP contribution in [0.3, 0.4) is 0 Å². The zero-order valence-electron chi connectivity index (χ0n) is 13.0. The smallest absolute Gasteiger partial charge is 0.397 e. The van der Waals surface area contributed by atoms with Crippen LogP contribution in [0, 0.1) is 5.92 Å². The van der Waals surface area contributed by atoms with Gasteiger partial charge in [0.15, 0.2) is 0 Å². The molecule has 126 valence electrons. The van der Waals surface area contributed by atoms with Crippen molar-refractivity contribution in [2.75, 3.05) is 6.26 Å². The van der Waals surface area contributed by atoms with Crippen LogP contribution in [0.15, 0.2) is 22.2 Å². The molecule has 1 aliphatic rings. The number of allylic oxidation sites excluding steroid dienone is 2. The van der Waals surface area contributed by atoms with Gasteiger partial charge in [0.05, 0.1) is 11.6 Å². The van der Waals surface area contributed by atoms with E-state index in [2.05, 4.69) is 9.98 Å². The molecule has 0 saturated carbocycles. The first kappa shape index (κ1) is 18.1. The molecule has 2 N–H and O–H groups in total. The number of hydrogen-bond donors (Lipinski definition) is 1. The van der Waals surface area contributed by atoms with Crippen molar-refractivity contribution in [3.05, 3.63) is 27.9 Å². The Morgan fingerprint density at radius 3 is 2.70 bits per heavy atom. The normalized spacial score (nSPS) is 22.3. The maximum atomic E-state index is 13.1. The monoisotopic (exact) mass is 361 g/mol. The average molecular weight is 361 g/mol. The highest BCUT2D eigenvalue weighted by atomic mass is 32.2. The second-order valence-electron chi connectivity index (χ2n) is 5.10. The summed E-state index contributed by atoms with van der Waals surface area (Å²) in [5.74, 6) is -2.33. The van der Waals surface area contributed by atoms with E-state index < -0.39 is 18.0 Å².